The Morgan fingerprint density at radius 2 is 1.86 bits per heavy atom. The quantitative estimate of drug-likeness (QED) is 0.221. The van der Waals surface area contributed by atoms with Crippen LogP contribution in [0, 0.1) is 10.1 Å². The van der Waals surface area contributed by atoms with E-state index in [-0.39, 0.29) is 23.7 Å². The number of non-ortho nitro benzene ring substituents is 1. The van der Waals surface area contributed by atoms with Crippen LogP contribution < -0.4 is 15.5 Å². The Bertz CT molecular complexity index is 1440. The van der Waals surface area contributed by atoms with Gasteiger partial charge < -0.3 is 20.1 Å². The Balaban J connectivity index is 1.62. The van der Waals surface area contributed by atoms with E-state index < -0.39 is 4.92 Å². The number of rotatable bonds is 6. The van der Waals surface area contributed by atoms with Crippen LogP contribution in [0.15, 0.2) is 91.3 Å². The molecule has 0 aliphatic carbocycles. The lowest BCUT2D eigenvalue weighted by molar-refractivity contribution is -0.384. The van der Waals surface area contributed by atoms with Gasteiger partial charge >= 0.3 is 0 Å². The first kappa shape index (κ1) is 23.2. The lowest BCUT2D eigenvalue weighted by atomic mass is 10.0. The summed E-state index contributed by atoms with van der Waals surface area (Å²) < 4.78 is 1.93. The third-order valence-electron chi connectivity index (χ3n) is 5.97. The van der Waals surface area contributed by atoms with Crippen LogP contribution in [0.2, 0.25) is 0 Å². The summed E-state index contributed by atoms with van der Waals surface area (Å²) in [7, 11) is 0. The summed E-state index contributed by atoms with van der Waals surface area (Å²) in [6.07, 6.45) is 3.62. The van der Waals surface area contributed by atoms with Crippen molar-refractivity contribution < 1.29 is 9.72 Å². The standard InChI is InChI=1S/C26H22N6O3S/c1-17(33)28-18-10-12-19(13-11-18)31-25(24(29-26(31)36)22-8-2-3-14-27-22)23-9-5-15-30(23)20-6-4-7-21(16-20)32(34)35/h2-16,24-25H,1H3,(H,28,33)(H,29,36)/t24-,25+/m1/s1. The van der Waals surface area contributed by atoms with E-state index in [2.05, 4.69) is 15.6 Å². The highest BCUT2D eigenvalue weighted by atomic mass is 32.1. The summed E-state index contributed by atoms with van der Waals surface area (Å²) in [6.45, 7) is 1.46. The molecule has 2 aromatic carbocycles. The number of aromatic nitrogens is 2. The summed E-state index contributed by atoms with van der Waals surface area (Å²) in [5, 5.41) is 18.1. The predicted molar refractivity (Wildman–Crippen MR) is 141 cm³/mol. The molecule has 1 amide bonds. The number of nitro benzene ring substituents is 1. The minimum atomic E-state index is -0.404. The number of carbonyl (C=O) groups excluding carboxylic acids is 1. The molecule has 1 saturated heterocycles. The third-order valence-corrected chi connectivity index (χ3v) is 6.28. The number of thiocarbonyl (C=S) groups is 1. The molecule has 0 bridgehead atoms. The Hall–Kier alpha value is -4.57. The lowest BCUT2D eigenvalue weighted by Gasteiger charge is -2.29. The Morgan fingerprint density at radius 1 is 1.06 bits per heavy atom. The molecule has 0 spiro atoms. The molecule has 5 rings (SSSR count). The van der Waals surface area contributed by atoms with Crippen molar-refractivity contribution in [2.24, 2.45) is 0 Å². The van der Waals surface area contributed by atoms with E-state index >= 15 is 0 Å². The first-order chi connectivity index (χ1) is 17.4. The molecule has 2 N–H and O–H groups in total. The number of pyridine rings is 1. The zero-order valence-corrected chi connectivity index (χ0v) is 20.1. The van der Waals surface area contributed by atoms with E-state index in [1.807, 2.05) is 76.3 Å². The summed E-state index contributed by atoms with van der Waals surface area (Å²) in [6, 6.07) is 23.0. The summed E-state index contributed by atoms with van der Waals surface area (Å²) in [5.41, 5.74) is 3.89. The van der Waals surface area contributed by atoms with Crippen molar-refractivity contribution in [3.63, 3.8) is 0 Å². The second-order valence-electron chi connectivity index (χ2n) is 8.30. The molecule has 36 heavy (non-hydrogen) atoms. The molecule has 2 atom stereocenters. The van der Waals surface area contributed by atoms with Gasteiger partial charge in [-0.1, -0.05) is 12.1 Å². The maximum atomic E-state index is 11.4. The van der Waals surface area contributed by atoms with Crippen molar-refractivity contribution in [3.05, 3.63) is 113 Å². The lowest BCUT2D eigenvalue weighted by Crippen LogP contribution is -2.30. The van der Waals surface area contributed by atoms with Crippen molar-refractivity contribution in [3.8, 4) is 5.69 Å². The van der Waals surface area contributed by atoms with Gasteiger partial charge in [-0.25, -0.2) is 0 Å². The number of nitro groups is 1. The fraction of sp³-hybridized carbons (Fsp3) is 0.115. The SMILES string of the molecule is CC(=O)Nc1ccc(N2C(=S)N[C@H](c3ccccn3)[C@@H]2c2cccn2-c2cccc([N+](=O)[O-])c2)cc1. The van der Waals surface area contributed by atoms with E-state index in [4.69, 9.17) is 12.2 Å². The molecule has 1 aliphatic rings. The van der Waals surface area contributed by atoms with Crippen LogP contribution in [0.5, 0.6) is 0 Å². The number of hydrogen-bond donors (Lipinski definition) is 2. The molecule has 10 heteroatoms. The van der Waals surface area contributed by atoms with Gasteiger partial charge in [0.05, 0.1) is 22.3 Å². The first-order valence-corrected chi connectivity index (χ1v) is 11.6. The summed E-state index contributed by atoms with van der Waals surface area (Å²) in [5.74, 6) is -0.149. The molecular formula is C26H22N6O3S. The van der Waals surface area contributed by atoms with Crippen molar-refractivity contribution in [1.82, 2.24) is 14.9 Å². The minimum absolute atomic E-state index is 0.0129. The van der Waals surface area contributed by atoms with Crippen LogP contribution in [0.4, 0.5) is 17.1 Å². The zero-order chi connectivity index (χ0) is 25.2. The third kappa shape index (κ3) is 4.41. The summed E-state index contributed by atoms with van der Waals surface area (Å²) in [4.78, 5) is 29.0. The van der Waals surface area contributed by atoms with Crippen LogP contribution >= 0.6 is 12.2 Å². The smallest absolute Gasteiger partial charge is 0.271 e. The molecule has 0 unspecified atom stereocenters. The van der Waals surface area contributed by atoms with Crippen LogP contribution in [-0.4, -0.2) is 25.5 Å². The Kier molecular flexibility index (Phi) is 6.17. The molecular weight excluding hydrogens is 476 g/mol. The Morgan fingerprint density at radius 3 is 2.56 bits per heavy atom. The van der Waals surface area contributed by atoms with Gasteiger partial charge in [0, 0.05) is 48.5 Å². The van der Waals surface area contributed by atoms with Gasteiger partial charge in [-0.15, -0.1) is 0 Å². The highest BCUT2D eigenvalue weighted by molar-refractivity contribution is 7.80. The average molecular weight is 499 g/mol. The number of nitrogens with one attached hydrogen (secondary N) is 2. The second-order valence-corrected chi connectivity index (χ2v) is 8.69. The van der Waals surface area contributed by atoms with E-state index in [0.29, 0.717) is 16.5 Å². The van der Waals surface area contributed by atoms with Crippen LogP contribution in [-0.2, 0) is 4.79 Å². The van der Waals surface area contributed by atoms with Gasteiger partial charge in [-0.3, -0.25) is 19.9 Å². The van der Waals surface area contributed by atoms with Crippen LogP contribution in [0.1, 0.15) is 30.4 Å². The van der Waals surface area contributed by atoms with Gasteiger partial charge in [0.15, 0.2) is 5.11 Å². The molecule has 1 fully saturated rings. The molecule has 3 heterocycles. The maximum absolute atomic E-state index is 11.4. The molecule has 180 valence electrons. The van der Waals surface area contributed by atoms with Crippen molar-refractivity contribution >= 4 is 40.3 Å². The van der Waals surface area contributed by atoms with E-state index in [9.17, 15) is 14.9 Å². The number of benzene rings is 2. The normalized spacial score (nSPS) is 17.0. The molecule has 1 aliphatic heterocycles. The van der Waals surface area contributed by atoms with Gasteiger partial charge in [0.2, 0.25) is 5.91 Å². The highest BCUT2D eigenvalue weighted by Crippen LogP contribution is 2.42. The van der Waals surface area contributed by atoms with Crippen molar-refractivity contribution in [2.45, 2.75) is 19.0 Å². The van der Waals surface area contributed by atoms with Crippen LogP contribution in [0.3, 0.4) is 0 Å². The molecule has 2 aromatic heterocycles. The van der Waals surface area contributed by atoms with Gasteiger partial charge in [-0.05, 0) is 66.8 Å². The Labute approximate surface area is 212 Å². The molecule has 9 nitrogen and oxygen atoms in total. The van der Waals surface area contributed by atoms with Gasteiger partial charge in [0.1, 0.15) is 6.04 Å². The number of anilines is 2. The van der Waals surface area contributed by atoms with Crippen molar-refractivity contribution in [2.75, 3.05) is 10.2 Å². The molecule has 0 saturated carbocycles. The zero-order valence-electron chi connectivity index (χ0n) is 19.2. The molecule has 0 radical (unpaired) electrons. The summed E-state index contributed by atoms with van der Waals surface area (Å²) >= 11 is 5.79. The van der Waals surface area contributed by atoms with Gasteiger partial charge in [-0.2, -0.15) is 0 Å². The van der Waals surface area contributed by atoms with Crippen LogP contribution in [0.25, 0.3) is 5.69 Å². The number of carbonyl (C=O) groups is 1. The second kappa shape index (κ2) is 9.59. The fourth-order valence-corrected chi connectivity index (χ4v) is 4.81. The minimum Gasteiger partial charge on any atom is -0.351 e. The van der Waals surface area contributed by atoms with Crippen molar-refractivity contribution in [1.29, 1.82) is 0 Å². The number of amides is 1. The average Bonchev–Trinajstić information content (AvgIpc) is 3.49. The highest BCUT2D eigenvalue weighted by Gasteiger charge is 2.42. The van der Waals surface area contributed by atoms with E-state index in [1.54, 1.807) is 18.3 Å². The predicted octanol–water partition coefficient (Wildman–Crippen LogP) is 4.92. The number of nitrogens with zero attached hydrogens (tertiary/aromatic N) is 4. The fourth-order valence-electron chi connectivity index (χ4n) is 4.47. The number of hydrogen-bond acceptors (Lipinski definition) is 5. The topological polar surface area (TPSA) is 105 Å². The van der Waals surface area contributed by atoms with E-state index in [1.165, 1.54) is 13.0 Å². The van der Waals surface area contributed by atoms with E-state index in [0.717, 1.165) is 17.1 Å². The maximum Gasteiger partial charge on any atom is 0.271 e. The monoisotopic (exact) mass is 498 g/mol. The largest absolute Gasteiger partial charge is 0.351 e. The first-order valence-electron chi connectivity index (χ1n) is 11.2. The molecule has 4 aromatic rings. The van der Waals surface area contributed by atoms with Gasteiger partial charge in [0.25, 0.3) is 5.69 Å².